The van der Waals surface area contributed by atoms with Crippen LogP contribution in [-0.4, -0.2) is 40.3 Å². The number of β-amino-alcohol motifs (C(OH)–C–C–N with tert-alkyl or cyclic N) is 1. The van der Waals surface area contributed by atoms with Gasteiger partial charge >= 0.3 is 0 Å². The van der Waals surface area contributed by atoms with Gasteiger partial charge in [-0.1, -0.05) is 23.7 Å². The van der Waals surface area contributed by atoms with Gasteiger partial charge < -0.3 is 19.8 Å². The Kier molecular flexibility index (Phi) is 5.12. The van der Waals surface area contributed by atoms with E-state index in [4.69, 9.17) is 16.3 Å². The van der Waals surface area contributed by atoms with E-state index in [-0.39, 0.29) is 5.82 Å². The molecular weight excluding hydrogens is 369 g/mol. The summed E-state index contributed by atoms with van der Waals surface area (Å²) in [6.45, 7) is 2.09. The maximum atomic E-state index is 13.4. The van der Waals surface area contributed by atoms with Crippen LogP contribution >= 0.6 is 11.6 Å². The van der Waals surface area contributed by atoms with Gasteiger partial charge in [0.1, 0.15) is 17.2 Å². The van der Waals surface area contributed by atoms with Crippen molar-refractivity contribution < 1.29 is 19.3 Å². The predicted octanol–water partition coefficient (Wildman–Crippen LogP) is 3.86. The molecule has 0 radical (unpaired) electrons. The van der Waals surface area contributed by atoms with Gasteiger partial charge in [-0.3, -0.25) is 0 Å². The summed E-state index contributed by atoms with van der Waals surface area (Å²) in [4.78, 5) is 2.21. The Morgan fingerprint density at radius 3 is 2.59 bits per heavy atom. The van der Waals surface area contributed by atoms with Gasteiger partial charge in [0.15, 0.2) is 0 Å². The molecule has 144 valence electrons. The fourth-order valence-corrected chi connectivity index (χ4v) is 4.22. The molecule has 6 heteroatoms. The molecule has 0 aliphatic carbocycles. The van der Waals surface area contributed by atoms with E-state index in [0.29, 0.717) is 29.3 Å². The largest absolute Gasteiger partial charge is 0.487 e. The summed E-state index contributed by atoms with van der Waals surface area (Å²) in [5.74, 6) is 0.211. The topological polar surface area (TPSA) is 52.9 Å². The minimum absolute atomic E-state index is 0.363. The summed E-state index contributed by atoms with van der Waals surface area (Å²) in [6.07, 6.45) is 0.702. The number of nitrogens with zero attached hydrogens (tertiary/aromatic N) is 1. The Morgan fingerprint density at radius 1 is 1.19 bits per heavy atom. The lowest BCUT2D eigenvalue weighted by Gasteiger charge is -2.46. The van der Waals surface area contributed by atoms with Gasteiger partial charge in [0.2, 0.25) is 0 Å². The van der Waals surface area contributed by atoms with Crippen LogP contribution in [0.2, 0.25) is 5.02 Å². The van der Waals surface area contributed by atoms with Crippen molar-refractivity contribution in [3.63, 3.8) is 0 Å². The molecule has 27 heavy (non-hydrogen) atoms. The van der Waals surface area contributed by atoms with E-state index < -0.39 is 17.8 Å². The van der Waals surface area contributed by atoms with E-state index >= 15 is 0 Å². The van der Waals surface area contributed by atoms with Gasteiger partial charge in [0.05, 0.1) is 12.2 Å². The lowest BCUT2D eigenvalue weighted by Crippen LogP contribution is -2.51. The first kappa shape index (κ1) is 18.7. The summed E-state index contributed by atoms with van der Waals surface area (Å²) in [7, 11) is 0. The molecule has 0 aromatic heterocycles. The summed E-state index contributed by atoms with van der Waals surface area (Å²) in [5, 5.41) is 21.6. The summed E-state index contributed by atoms with van der Waals surface area (Å²) in [6, 6.07) is 11.6. The molecule has 1 fully saturated rings. The van der Waals surface area contributed by atoms with Gasteiger partial charge in [-0.25, -0.2) is 4.39 Å². The first-order valence-electron chi connectivity index (χ1n) is 9.27. The SMILES string of the molecule is OC(CN1CCC2(CC1)CC(O)c1cc(F)ccc1O2)c1ccc(Cl)cc1. The number of hydrogen-bond donors (Lipinski definition) is 2. The second-order valence-electron chi connectivity index (χ2n) is 7.56. The summed E-state index contributed by atoms with van der Waals surface area (Å²) >= 11 is 5.90. The van der Waals surface area contributed by atoms with E-state index in [0.717, 1.165) is 31.5 Å². The van der Waals surface area contributed by atoms with Crippen LogP contribution < -0.4 is 4.74 Å². The second-order valence-corrected chi connectivity index (χ2v) is 7.99. The molecule has 2 N–H and O–H groups in total. The lowest BCUT2D eigenvalue weighted by molar-refractivity contribution is -0.0589. The number of fused-ring (bicyclic) bond motifs is 1. The molecule has 4 nitrogen and oxygen atoms in total. The zero-order chi connectivity index (χ0) is 19.0. The Morgan fingerprint density at radius 2 is 1.89 bits per heavy atom. The molecule has 2 aromatic carbocycles. The quantitative estimate of drug-likeness (QED) is 0.834. The molecule has 2 aliphatic heterocycles. The third-order valence-corrected chi connectivity index (χ3v) is 5.93. The molecule has 2 unspecified atom stereocenters. The maximum absolute atomic E-state index is 13.4. The molecule has 0 saturated carbocycles. The zero-order valence-electron chi connectivity index (χ0n) is 14.9. The number of aliphatic hydroxyl groups excluding tert-OH is 2. The van der Waals surface area contributed by atoms with Crippen molar-refractivity contribution in [2.24, 2.45) is 0 Å². The summed E-state index contributed by atoms with van der Waals surface area (Å²) in [5.41, 5.74) is 0.951. The highest BCUT2D eigenvalue weighted by molar-refractivity contribution is 6.30. The standard InChI is InChI=1S/C21H23ClFNO3/c22-15-3-1-14(2-4-15)19(26)13-24-9-7-21(8-10-24)12-18(25)17-11-16(23)5-6-20(17)27-21/h1-6,11,18-19,25-26H,7-10,12-13H2. The molecule has 2 heterocycles. The molecule has 4 rings (SSSR count). The Hall–Kier alpha value is -1.66. The lowest BCUT2D eigenvalue weighted by atomic mass is 9.81. The first-order valence-corrected chi connectivity index (χ1v) is 9.64. The van der Waals surface area contributed by atoms with Crippen LogP contribution in [0.25, 0.3) is 0 Å². The van der Waals surface area contributed by atoms with Crippen molar-refractivity contribution >= 4 is 11.6 Å². The highest BCUT2D eigenvalue weighted by Crippen LogP contribution is 2.44. The smallest absolute Gasteiger partial charge is 0.126 e. The Balaban J connectivity index is 1.39. The molecule has 2 atom stereocenters. The molecule has 1 saturated heterocycles. The molecular formula is C21H23ClFNO3. The number of piperidine rings is 1. The number of halogens is 2. The molecule has 1 spiro atoms. The van der Waals surface area contributed by atoms with Crippen LogP contribution in [0.15, 0.2) is 42.5 Å². The van der Waals surface area contributed by atoms with Gasteiger partial charge in [0, 0.05) is 36.6 Å². The van der Waals surface area contributed by atoms with Gasteiger partial charge in [0.25, 0.3) is 0 Å². The van der Waals surface area contributed by atoms with Crippen LogP contribution in [0.4, 0.5) is 4.39 Å². The van der Waals surface area contributed by atoms with Gasteiger partial charge in [-0.2, -0.15) is 0 Å². The Bertz CT molecular complexity index is 806. The zero-order valence-corrected chi connectivity index (χ0v) is 15.7. The molecule has 0 bridgehead atoms. The molecule has 0 amide bonds. The number of likely N-dealkylation sites (tertiary alicyclic amines) is 1. The fraction of sp³-hybridized carbons (Fsp3) is 0.429. The summed E-state index contributed by atoms with van der Waals surface area (Å²) < 4.78 is 19.6. The van der Waals surface area contributed by atoms with Crippen LogP contribution in [0.5, 0.6) is 5.75 Å². The fourth-order valence-electron chi connectivity index (χ4n) is 4.09. The first-order chi connectivity index (χ1) is 12.9. The van der Waals surface area contributed by atoms with Crippen molar-refractivity contribution in [2.45, 2.75) is 37.1 Å². The maximum Gasteiger partial charge on any atom is 0.126 e. The van der Waals surface area contributed by atoms with Crippen LogP contribution in [-0.2, 0) is 0 Å². The van der Waals surface area contributed by atoms with Crippen LogP contribution in [0.1, 0.15) is 42.6 Å². The third kappa shape index (κ3) is 3.97. The third-order valence-electron chi connectivity index (χ3n) is 5.68. The van der Waals surface area contributed by atoms with Crippen molar-refractivity contribution in [3.8, 4) is 5.75 Å². The van der Waals surface area contributed by atoms with E-state index in [2.05, 4.69) is 4.90 Å². The minimum Gasteiger partial charge on any atom is -0.487 e. The normalized spacial score (nSPS) is 22.9. The number of rotatable bonds is 3. The molecule has 2 aromatic rings. The number of ether oxygens (including phenoxy) is 1. The number of benzene rings is 2. The van der Waals surface area contributed by atoms with Crippen molar-refractivity contribution in [1.29, 1.82) is 0 Å². The van der Waals surface area contributed by atoms with Crippen molar-refractivity contribution in [2.75, 3.05) is 19.6 Å². The van der Waals surface area contributed by atoms with E-state index in [1.165, 1.54) is 12.1 Å². The van der Waals surface area contributed by atoms with Crippen LogP contribution in [0.3, 0.4) is 0 Å². The highest BCUT2D eigenvalue weighted by atomic mass is 35.5. The number of hydrogen-bond acceptors (Lipinski definition) is 4. The predicted molar refractivity (Wildman–Crippen MR) is 101 cm³/mol. The van der Waals surface area contributed by atoms with E-state index in [1.54, 1.807) is 18.2 Å². The average molecular weight is 392 g/mol. The van der Waals surface area contributed by atoms with Crippen molar-refractivity contribution in [3.05, 3.63) is 64.4 Å². The molecule has 2 aliphatic rings. The Labute approximate surface area is 163 Å². The van der Waals surface area contributed by atoms with Crippen LogP contribution in [0, 0.1) is 5.82 Å². The minimum atomic E-state index is -0.712. The van der Waals surface area contributed by atoms with E-state index in [9.17, 15) is 14.6 Å². The van der Waals surface area contributed by atoms with Crippen molar-refractivity contribution in [1.82, 2.24) is 4.90 Å². The average Bonchev–Trinajstić information content (AvgIpc) is 2.65. The monoisotopic (exact) mass is 391 g/mol. The van der Waals surface area contributed by atoms with Gasteiger partial charge in [-0.05, 0) is 48.7 Å². The number of aliphatic hydroxyl groups is 2. The van der Waals surface area contributed by atoms with Gasteiger partial charge in [-0.15, -0.1) is 0 Å². The second kappa shape index (κ2) is 7.40. The van der Waals surface area contributed by atoms with E-state index in [1.807, 2.05) is 12.1 Å². The highest BCUT2D eigenvalue weighted by Gasteiger charge is 2.43.